The summed E-state index contributed by atoms with van der Waals surface area (Å²) in [7, 11) is 0. The van der Waals surface area contributed by atoms with Crippen molar-refractivity contribution in [2.75, 3.05) is 18.1 Å². The number of nitrogens with one attached hydrogen (secondary N) is 2. The van der Waals surface area contributed by atoms with Crippen LogP contribution in [0.3, 0.4) is 0 Å². The van der Waals surface area contributed by atoms with Crippen LogP contribution in [0.15, 0.2) is 17.5 Å². The molecule has 19 heavy (non-hydrogen) atoms. The summed E-state index contributed by atoms with van der Waals surface area (Å²) in [5.41, 5.74) is 0. The van der Waals surface area contributed by atoms with Gasteiger partial charge in [0.2, 0.25) is 0 Å². The SMILES string of the molecule is O=C(NCC1CCSC1)NC(C(=O)O)c1cccs1. The van der Waals surface area contributed by atoms with Gasteiger partial charge in [0, 0.05) is 11.4 Å². The molecule has 1 aromatic rings. The van der Waals surface area contributed by atoms with Gasteiger partial charge in [-0.25, -0.2) is 9.59 Å². The zero-order valence-electron chi connectivity index (χ0n) is 10.3. The summed E-state index contributed by atoms with van der Waals surface area (Å²) in [6.45, 7) is 0.607. The van der Waals surface area contributed by atoms with Gasteiger partial charge in [0.05, 0.1) is 0 Å². The van der Waals surface area contributed by atoms with Crippen LogP contribution in [0.5, 0.6) is 0 Å². The maximum atomic E-state index is 11.7. The Hall–Kier alpha value is -1.21. The van der Waals surface area contributed by atoms with E-state index in [0.29, 0.717) is 17.3 Å². The number of aliphatic carboxylic acids is 1. The molecule has 1 saturated heterocycles. The first-order chi connectivity index (χ1) is 9.16. The lowest BCUT2D eigenvalue weighted by atomic mass is 10.1. The number of carboxylic acid groups (broad SMARTS) is 1. The van der Waals surface area contributed by atoms with Crippen molar-refractivity contribution in [1.29, 1.82) is 0 Å². The van der Waals surface area contributed by atoms with Crippen molar-refractivity contribution in [2.45, 2.75) is 12.5 Å². The van der Waals surface area contributed by atoms with Gasteiger partial charge in [-0.15, -0.1) is 11.3 Å². The molecule has 104 valence electrons. The van der Waals surface area contributed by atoms with Gasteiger partial charge in [0.15, 0.2) is 6.04 Å². The van der Waals surface area contributed by atoms with Gasteiger partial charge in [-0.3, -0.25) is 0 Å². The summed E-state index contributed by atoms with van der Waals surface area (Å²) in [6, 6.07) is 2.08. The number of thiophene rings is 1. The number of urea groups is 1. The van der Waals surface area contributed by atoms with Gasteiger partial charge in [-0.05, 0) is 35.3 Å². The highest BCUT2D eigenvalue weighted by Gasteiger charge is 2.23. The Kier molecular flexibility index (Phi) is 5.09. The van der Waals surface area contributed by atoms with Gasteiger partial charge in [-0.2, -0.15) is 11.8 Å². The molecule has 0 saturated carbocycles. The molecule has 0 spiro atoms. The highest BCUT2D eigenvalue weighted by molar-refractivity contribution is 7.99. The van der Waals surface area contributed by atoms with Gasteiger partial charge in [0.1, 0.15) is 0 Å². The summed E-state index contributed by atoms with van der Waals surface area (Å²) >= 11 is 3.20. The molecule has 0 aliphatic carbocycles. The van der Waals surface area contributed by atoms with E-state index in [1.165, 1.54) is 11.3 Å². The monoisotopic (exact) mass is 300 g/mol. The molecular formula is C12H16N2O3S2. The summed E-state index contributed by atoms with van der Waals surface area (Å²) in [5, 5.41) is 16.2. The number of hydrogen-bond acceptors (Lipinski definition) is 4. The Morgan fingerprint density at radius 2 is 2.37 bits per heavy atom. The summed E-state index contributed by atoms with van der Waals surface area (Å²) in [4.78, 5) is 23.5. The fourth-order valence-corrected chi connectivity index (χ4v) is 3.93. The van der Waals surface area contributed by atoms with Gasteiger partial charge in [0.25, 0.3) is 0 Å². The third-order valence-corrected chi connectivity index (χ3v) is 5.09. The van der Waals surface area contributed by atoms with Crippen molar-refractivity contribution < 1.29 is 14.7 Å². The molecule has 1 aromatic heterocycles. The van der Waals surface area contributed by atoms with E-state index in [9.17, 15) is 9.59 Å². The average Bonchev–Trinajstić information content (AvgIpc) is 3.05. The van der Waals surface area contributed by atoms with Crippen LogP contribution in [0, 0.1) is 5.92 Å². The Bertz CT molecular complexity index is 430. The van der Waals surface area contributed by atoms with E-state index in [1.54, 1.807) is 17.5 Å². The van der Waals surface area contributed by atoms with Crippen molar-refractivity contribution in [3.05, 3.63) is 22.4 Å². The molecule has 1 fully saturated rings. The highest BCUT2D eigenvalue weighted by Crippen LogP contribution is 2.22. The quantitative estimate of drug-likeness (QED) is 0.776. The first-order valence-electron chi connectivity index (χ1n) is 6.05. The van der Waals surface area contributed by atoms with Crippen molar-refractivity contribution >= 4 is 35.1 Å². The van der Waals surface area contributed by atoms with Crippen LogP contribution in [0.4, 0.5) is 4.79 Å². The zero-order valence-corrected chi connectivity index (χ0v) is 11.9. The Morgan fingerprint density at radius 1 is 1.53 bits per heavy atom. The summed E-state index contributed by atoms with van der Waals surface area (Å²) < 4.78 is 0. The third kappa shape index (κ3) is 4.14. The van der Waals surface area contributed by atoms with Gasteiger partial charge >= 0.3 is 12.0 Å². The molecule has 2 unspecified atom stereocenters. The van der Waals surface area contributed by atoms with E-state index in [2.05, 4.69) is 10.6 Å². The van der Waals surface area contributed by atoms with E-state index < -0.39 is 18.0 Å². The average molecular weight is 300 g/mol. The molecule has 2 amide bonds. The lowest BCUT2D eigenvalue weighted by Gasteiger charge is -2.15. The highest BCUT2D eigenvalue weighted by atomic mass is 32.2. The van der Waals surface area contributed by atoms with E-state index in [4.69, 9.17) is 5.11 Å². The number of carbonyl (C=O) groups is 2. The molecule has 3 N–H and O–H groups in total. The Labute approximate surface area is 119 Å². The van der Waals surface area contributed by atoms with Crippen LogP contribution >= 0.6 is 23.1 Å². The molecule has 7 heteroatoms. The fourth-order valence-electron chi connectivity index (χ4n) is 1.87. The van der Waals surface area contributed by atoms with Crippen LogP contribution in [0.25, 0.3) is 0 Å². The van der Waals surface area contributed by atoms with Crippen LogP contribution in [-0.2, 0) is 4.79 Å². The Morgan fingerprint density at radius 3 is 2.95 bits per heavy atom. The first kappa shape index (κ1) is 14.2. The summed E-state index contributed by atoms with van der Waals surface area (Å²) in [5.74, 6) is 1.66. The minimum atomic E-state index is -1.05. The summed E-state index contributed by atoms with van der Waals surface area (Å²) in [6.07, 6.45) is 1.11. The van der Waals surface area contributed by atoms with Crippen molar-refractivity contribution in [3.63, 3.8) is 0 Å². The predicted molar refractivity (Wildman–Crippen MR) is 76.7 cm³/mol. The second kappa shape index (κ2) is 6.81. The molecule has 0 bridgehead atoms. The first-order valence-corrected chi connectivity index (χ1v) is 8.08. The lowest BCUT2D eigenvalue weighted by molar-refractivity contribution is -0.139. The van der Waals surface area contributed by atoms with Gasteiger partial charge < -0.3 is 15.7 Å². The van der Waals surface area contributed by atoms with Crippen molar-refractivity contribution in [3.8, 4) is 0 Å². The number of rotatable bonds is 5. The van der Waals surface area contributed by atoms with Crippen molar-refractivity contribution in [1.82, 2.24) is 10.6 Å². The molecule has 2 atom stereocenters. The van der Waals surface area contributed by atoms with Crippen LogP contribution in [0.1, 0.15) is 17.3 Å². The fraction of sp³-hybridized carbons (Fsp3) is 0.500. The smallest absolute Gasteiger partial charge is 0.331 e. The molecular weight excluding hydrogens is 284 g/mol. The molecule has 1 aliphatic heterocycles. The van der Waals surface area contributed by atoms with Crippen LogP contribution in [-0.4, -0.2) is 35.2 Å². The molecule has 1 aliphatic rings. The predicted octanol–water partition coefficient (Wildman–Crippen LogP) is 1.93. The number of carbonyl (C=O) groups excluding carboxylic acids is 1. The lowest BCUT2D eigenvalue weighted by Crippen LogP contribution is -2.42. The number of hydrogen-bond donors (Lipinski definition) is 3. The standard InChI is InChI=1S/C12H16N2O3S2/c15-11(16)10(9-2-1-4-19-9)14-12(17)13-6-8-3-5-18-7-8/h1-2,4,8,10H,3,5-7H2,(H,15,16)(H2,13,14,17). The van der Waals surface area contributed by atoms with Crippen LogP contribution in [0.2, 0.25) is 0 Å². The second-order valence-electron chi connectivity index (χ2n) is 4.37. The maximum absolute atomic E-state index is 11.7. The van der Waals surface area contributed by atoms with E-state index in [-0.39, 0.29) is 0 Å². The number of carboxylic acids is 1. The largest absolute Gasteiger partial charge is 0.479 e. The Balaban J connectivity index is 1.83. The molecule has 2 rings (SSSR count). The molecule has 0 radical (unpaired) electrons. The van der Waals surface area contributed by atoms with E-state index >= 15 is 0 Å². The van der Waals surface area contributed by atoms with Crippen LogP contribution < -0.4 is 10.6 Å². The minimum absolute atomic E-state index is 0.419. The molecule has 0 aromatic carbocycles. The normalized spacial score (nSPS) is 19.9. The second-order valence-corrected chi connectivity index (χ2v) is 6.50. The van der Waals surface area contributed by atoms with E-state index in [1.807, 2.05) is 11.8 Å². The zero-order chi connectivity index (χ0) is 13.7. The number of amides is 2. The maximum Gasteiger partial charge on any atom is 0.331 e. The van der Waals surface area contributed by atoms with Gasteiger partial charge in [-0.1, -0.05) is 6.07 Å². The minimum Gasteiger partial charge on any atom is -0.479 e. The van der Waals surface area contributed by atoms with E-state index in [0.717, 1.165) is 17.9 Å². The topological polar surface area (TPSA) is 78.4 Å². The molecule has 2 heterocycles. The van der Waals surface area contributed by atoms with Crippen molar-refractivity contribution in [2.24, 2.45) is 5.92 Å². The third-order valence-electron chi connectivity index (χ3n) is 2.93. The number of thioether (sulfide) groups is 1. The molecule has 5 nitrogen and oxygen atoms in total.